The van der Waals surface area contributed by atoms with Crippen molar-refractivity contribution in [1.29, 1.82) is 0 Å². The van der Waals surface area contributed by atoms with Crippen molar-refractivity contribution in [3.05, 3.63) is 106 Å². The summed E-state index contributed by atoms with van der Waals surface area (Å²) >= 11 is 0. The van der Waals surface area contributed by atoms with Crippen LogP contribution in [0.3, 0.4) is 0 Å². The van der Waals surface area contributed by atoms with Crippen LogP contribution in [0.1, 0.15) is 51.4 Å². The van der Waals surface area contributed by atoms with Crippen LogP contribution in [0.4, 0.5) is 4.39 Å². The topological polar surface area (TPSA) is 20.3 Å². The third-order valence-electron chi connectivity index (χ3n) is 6.49. The predicted molar refractivity (Wildman–Crippen MR) is 119 cm³/mol. The highest BCUT2D eigenvalue weighted by Crippen LogP contribution is 2.43. The number of hydrogen-bond donors (Lipinski definition) is 0. The highest BCUT2D eigenvalue weighted by atomic mass is 19.1. The zero-order valence-electron chi connectivity index (χ0n) is 16.8. The number of carbonyl (C=O) groups excluding carboxylic acids is 1. The minimum Gasteiger partial charge on any atom is -0.339 e. The van der Waals surface area contributed by atoms with Gasteiger partial charge in [0, 0.05) is 24.6 Å². The van der Waals surface area contributed by atoms with E-state index < -0.39 is 0 Å². The van der Waals surface area contributed by atoms with Gasteiger partial charge in [-0.1, -0.05) is 60.7 Å². The predicted octanol–water partition coefficient (Wildman–Crippen LogP) is 5.99. The van der Waals surface area contributed by atoms with Gasteiger partial charge in [-0.15, -0.1) is 0 Å². The summed E-state index contributed by atoms with van der Waals surface area (Å²) in [6.07, 6.45) is 6.36. The second-order valence-electron chi connectivity index (χ2n) is 8.21. The zero-order valence-corrected chi connectivity index (χ0v) is 16.8. The van der Waals surface area contributed by atoms with Gasteiger partial charge < -0.3 is 4.90 Å². The van der Waals surface area contributed by atoms with Crippen LogP contribution in [-0.4, -0.2) is 23.9 Å². The fourth-order valence-electron chi connectivity index (χ4n) is 4.96. The first-order valence-electron chi connectivity index (χ1n) is 10.6. The molecule has 1 heterocycles. The van der Waals surface area contributed by atoms with Crippen molar-refractivity contribution in [1.82, 2.24) is 4.90 Å². The van der Waals surface area contributed by atoms with Crippen LogP contribution < -0.4 is 0 Å². The number of rotatable bonds is 2. The van der Waals surface area contributed by atoms with Crippen LogP contribution in [0.2, 0.25) is 0 Å². The number of amides is 1. The molecule has 0 N–H and O–H groups in total. The first kappa shape index (κ1) is 18.8. The Kier molecular flexibility index (Phi) is 4.96. The number of likely N-dealkylation sites (tertiary alicyclic amines) is 1. The third-order valence-corrected chi connectivity index (χ3v) is 6.49. The van der Waals surface area contributed by atoms with E-state index in [9.17, 15) is 9.18 Å². The molecule has 3 aromatic carbocycles. The second-order valence-corrected chi connectivity index (χ2v) is 8.21. The molecule has 1 aliphatic carbocycles. The first-order valence-corrected chi connectivity index (χ1v) is 10.6. The molecule has 1 fully saturated rings. The zero-order chi connectivity index (χ0) is 20.5. The summed E-state index contributed by atoms with van der Waals surface area (Å²) in [5.74, 6) is 0.487. The Morgan fingerprint density at radius 1 is 0.767 bits per heavy atom. The van der Waals surface area contributed by atoms with E-state index in [2.05, 4.69) is 60.7 Å². The van der Waals surface area contributed by atoms with Crippen molar-refractivity contribution in [2.24, 2.45) is 5.92 Å². The van der Waals surface area contributed by atoms with E-state index in [1.807, 2.05) is 4.90 Å². The average Bonchev–Trinajstić information content (AvgIpc) is 2.96. The number of fused-ring (bicyclic) bond motifs is 2. The lowest BCUT2D eigenvalue weighted by atomic mass is 9.74. The third kappa shape index (κ3) is 3.45. The number of halogens is 1. The van der Waals surface area contributed by atoms with Gasteiger partial charge >= 0.3 is 0 Å². The van der Waals surface area contributed by atoms with Gasteiger partial charge in [-0.25, -0.2) is 4.39 Å². The molecular formula is C27H24FNO. The Bertz CT molecular complexity index is 1040. The van der Waals surface area contributed by atoms with Gasteiger partial charge in [-0.2, -0.15) is 0 Å². The van der Waals surface area contributed by atoms with Crippen molar-refractivity contribution in [3.8, 4) is 0 Å². The van der Waals surface area contributed by atoms with Crippen molar-refractivity contribution in [2.75, 3.05) is 13.1 Å². The molecule has 150 valence electrons. The van der Waals surface area contributed by atoms with Crippen LogP contribution >= 0.6 is 0 Å². The smallest absolute Gasteiger partial charge is 0.253 e. The number of piperidine rings is 1. The summed E-state index contributed by atoms with van der Waals surface area (Å²) in [6.45, 7) is 1.46. The number of hydrogen-bond acceptors (Lipinski definition) is 1. The summed E-state index contributed by atoms with van der Waals surface area (Å²) in [5, 5.41) is 0. The summed E-state index contributed by atoms with van der Waals surface area (Å²) in [5.41, 5.74) is 5.88. The normalized spacial score (nSPS) is 16.6. The first-order chi connectivity index (χ1) is 14.7. The van der Waals surface area contributed by atoms with Gasteiger partial charge in [-0.3, -0.25) is 4.79 Å². The fourth-order valence-corrected chi connectivity index (χ4v) is 4.96. The molecule has 2 nitrogen and oxygen atoms in total. The molecular weight excluding hydrogens is 373 g/mol. The molecule has 3 aromatic rings. The summed E-state index contributed by atoms with van der Waals surface area (Å²) in [6, 6.07) is 23.2. The number of carbonyl (C=O) groups is 1. The molecule has 1 amide bonds. The molecule has 0 bridgehead atoms. The van der Waals surface area contributed by atoms with Crippen LogP contribution in [0.25, 0.3) is 12.2 Å². The molecule has 1 aliphatic heterocycles. The van der Waals surface area contributed by atoms with E-state index in [1.165, 1.54) is 34.4 Å². The Labute approximate surface area is 176 Å². The maximum Gasteiger partial charge on any atom is 0.253 e. The lowest BCUT2D eigenvalue weighted by Crippen LogP contribution is -2.40. The largest absolute Gasteiger partial charge is 0.339 e. The molecule has 1 saturated heterocycles. The highest BCUT2D eigenvalue weighted by Gasteiger charge is 2.33. The lowest BCUT2D eigenvalue weighted by Gasteiger charge is -2.37. The quantitative estimate of drug-likeness (QED) is 0.520. The van der Waals surface area contributed by atoms with Crippen LogP contribution in [-0.2, 0) is 0 Å². The van der Waals surface area contributed by atoms with Gasteiger partial charge in [0.25, 0.3) is 5.91 Å². The van der Waals surface area contributed by atoms with Crippen molar-refractivity contribution < 1.29 is 9.18 Å². The molecule has 0 radical (unpaired) electrons. The van der Waals surface area contributed by atoms with Crippen molar-refractivity contribution in [2.45, 2.75) is 18.8 Å². The summed E-state index contributed by atoms with van der Waals surface area (Å²) in [7, 11) is 0. The van der Waals surface area contributed by atoms with E-state index in [0.29, 0.717) is 17.4 Å². The molecule has 3 heteroatoms. The van der Waals surface area contributed by atoms with Gasteiger partial charge in [0.1, 0.15) is 5.82 Å². The Morgan fingerprint density at radius 2 is 1.30 bits per heavy atom. The van der Waals surface area contributed by atoms with Crippen LogP contribution in [0, 0.1) is 11.7 Å². The molecule has 0 spiro atoms. The maximum atomic E-state index is 13.2. The fraction of sp³-hybridized carbons (Fsp3) is 0.222. The molecule has 0 saturated carbocycles. The molecule has 0 atom stereocenters. The maximum absolute atomic E-state index is 13.2. The van der Waals surface area contributed by atoms with Gasteiger partial charge in [0.15, 0.2) is 0 Å². The Morgan fingerprint density at radius 3 is 1.87 bits per heavy atom. The molecule has 30 heavy (non-hydrogen) atoms. The number of nitrogens with zero attached hydrogens (tertiary/aromatic N) is 1. The monoisotopic (exact) mass is 397 g/mol. The summed E-state index contributed by atoms with van der Waals surface area (Å²) in [4.78, 5) is 14.8. The van der Waals surface area contributed by atoms with Gasteiger partial charge in [0.2, 0.25) is 0 Å². The summed E-state index contributed by atoms with van der Waals surface area (Å²) < 4.78 is 13.2. The standard InChI is InChI=1S/C27H24FNO/c28-23-13-11-22(12-14-23)27(30)29-17-15-21(16-18-29)26-24-7-3-1-5-19(24)9-10-20-6-2-4-8-25(20)26/h1-14,21,26H,15-18H2. The van der Waals surface area contributed by atoms with Crippen molar-refractivity contribution in [3.63, 3.8) is 0 Å². The van der Waals surface area contributed by atoms with Gasteiger partial charge in [-0.05, 0) is 65.3 Å². The Balaban J connectivity index is 1.40. The highest BCUT2D eigenvalue weighted by molar-refractivity contribution is 5.94. The minimum absolute atomic E-state index is 0.00298. The lowest BCUT2D eigenvalue weighted by molar-refractivity contribution is 0.0683. The molecule has 0 aromatic heterocycles. The SMILES string of the molecule is O=C(c1ccc(F)cc1)N1CCC(C2c3ccccc3C=Cc3ccccc32)CC1. The van der Waals surface area contributed by atoms with Gasteiger partial charge in [0.05, 0.1) is 0 Å². The van der Waals surface area contributed by atoms with E-state index in [4.69, 9.17) is 0 Å². The van der Waals surface area contributed by atoms with E-state index >= 15 is 0 Å². The minimum atomic E-state index is -0.315. The average molecular weight is 397 g/mol. The molecule has 0 unspecified atom stereocenters. The Hall–Kier alpha value is -3.20. The van der Waals surface area contributed by atoms with Crippen LogP contribution in [0.5, 0.6) is 0 Å². The van der Waals surface area contributed by atoms with E-state index in [-0.39, 0.29) is 11.7 Å². The van der Waals surface area contributed by atoms with E-state index in [1.54, 1.807) is 12.1 Å². The van der Waals surface area contributed by atoms with Crippen molar-refractivity contribution >= 4 is 18.1 Å². The van der Waals surface area contributed by atoms with E-state index in [0.717, 1.165) is 25.9 Å². The molecule has 2 aliphatic rings. The second kappa shape index (κ2) is 7.91. The number of benzene rings is 3. The molecule has 5 rings (SSSR count). The van der Waals surface area contributed by atoms with Crippen LogP contribution in [0.15, 0.2) is 72.8 Å².